The van der Waals surface area contributed by atoms with Gasteiger partial charge in [0.2, 0.25) is 0 Å². The molecule has 1 N–H and O–H groups in total. The van der Waals surface area contributed by atoms with E-state index in [-0.39, 0.29) is 25.0 Å². The highest BCUT2D eigenvalue weighted by molar-refractivity contribution is 6.90. The molecule has 35 heavy (non-hydrogen) atoms. The highest BCUT2D eigenvalue weighted by atomic mass is 28.3. The number of hydrogen-bond acceptors (Lipinski definition) is 7. The van der Waals surface area contributed by atoms with Crippen molar-refractivity contribution in [2.45, 2.75) is 65.1 Å². The van der Waals surface area contributed by atoms with Gasteiger partial charge in [-0.3, -0.25) is 14.4 Å². The lowest BCUT2D eigenvalue weighted by molar-refractivity contribution is -0.149. The number of benzene rings is 1. The molecule has 0 saturated carbocycles. The van der Waals surface area contributed by atoms with Gasteiger partial charge in [0.1, 0.15) is 18.0 Å². The van der Waals surface area contributed by atoms with Crippen LogP contribution in [0.1, 0.15) is 43.4 Å². The van der Waals surface area contributed by atoms with E-state index in [9.17, 15) is 19.5 Å². The Morgan fingerprint density at radius 3 is 2.63 bits per heavy atom. The molecule has 0 aliphatic carbocycles. The summed E-state index contributed by atoms with van der Waals surface area (Å²) in [5.74, 6) is -0.456. The summed E-state index contributed by atoms with van der Waals surface area (Å²) in [6.07, 6.45) is 0.0750. The number of hydrogen-bond donors (Lipinski definition) is 1. The first-order valence-corrected chi connectivity index (χ1v) is 15.2. The van der Waals surface area contributed by atoms with Crippen molar-refractivity contribution in [2.24, 2.45) is 0 Å². The molecule has 1 aromatic carbocycles. The zero-order chi connectivity index (χ0) is 25.3. The molecule has 3 aromatic rings. The van der Waals surface area contributed by atoms with Crippen LogP contribution in [0.4, 0.5) is 0 Å². The first-order chi connectivity index (χ1) is 16.4. The molecule has 5 rings (SSSR count). The molecular formula is C26H28N2O6Si. The zero-order valence-corrected chi connectivity index (χ0v) is 21.5. The average Bonchev–Trinajstić information content (AvgIpc) is 3.06. The van der Waals surface area contributed by atoms with Gasteiger partial charge >= 0.3 is 11.9 Å². The van der Waals surface area contributed by atoms with Gasteiger partial charge in [0, 0.05) is 12.3 Å². The highest BCUT2D eigenvalue weighted by Gasteiger charge is 2.40. The fourth-order valence-corrected chi connectivity index (χ4v) is 7.45. The Hall–Kier alpha value is -3.30. The predicted molar refractivity (Wildman–Crippen MR) is 133 cm³/mol. The van der Waals surface area contributed by atoms with Crippen LogP contribution in [0.2, 0.25) is 19.6 Å². The maximum atomic E-state index is 13.7. The number of ether oxygens (including phenoxy) is 2. The van der Waals surface area contributed by atoms with Crippen LogP contribution in [0.5, 0.6) is 5.75 Å². The average molecular weight is 493 g/mol. The molecule has 0 fully saturated rings. The van der Waals surface area contributed by atoms with Gasteiger partial charge in [-0.15, -0.1) is 0 Å². The van der Waals surface area contributed by atoms with E-state index in [2.05, 4.69) is 19.6 Å². The minimum absolute atomic E-state index is 0.159. The minimum Gasteiger partial charge on any atom is -0.460 e. The summed E-state index contributed by atoms with van der Waals surface area (Å²) >= 11 is 0. The molecule has 8 nitrogen and oxygen atoms in total. The van der Waals surface area contributed by atoms with E-state index >= 15 is 0 Å². The Balaban J connectivity index is 1.80. The van der Waals surface area contributed by atoms with Crippen LogP contribution in [0.25, 0.3) is 22.3 Å². The largest absolute Gasteiger partial charge is 0.460 e. The topological polar surface area (TPSA) is 108 Å². The number of aromatic nitrogens is 2. The zero-order valence-electron chi connectivity index (χ0n) is 20.5. The number of rotatable bonds is 3. The Labute approximate surface area is 203 Å². The second-order valence-corrected chi connectivity index (χ2v) is 15.4. The van der Waals surface area contributed by atoms with Gasteiger partial charge in [-0.25, -0.2) is 4.98 Å². The molecule has 9 heteroatoms. The Kier molecular flexibility index (Phi) is 5.26. The van der Waals surface area contributed by atoms with Gasteiger partial charge < -0.3 is 19.1 Å². The van der Waals surface area contributed by atoms with E-state index in [0.29, 0.717) is 34.8 Å². The first kappa shape index (κ1) is 23.4. The summed E-state index contributed by atoms with van der Waals surface area (Å²) in [5.41, 5.74) is 2.08. The summed E-state index contributed by atoms with van der Waals surface area (Å²) in [4.78, 5) is 42.3. The molecular weight excluding hydrogens is 464 g/mol. The van der Waals surface area contributed by atoms with Crippen molar-refractivity contribution in [2.75, 3.05) is 0 Å². The van der Waals surface area contributed by atoms with Crippen molar-refractivity contribution >= 4 is 36.1 Å². The van der Waals surface area contributed by atoms with Gasteiger partial charge in [0.25, 0.3) is 5.56 Å². The van der Waals surface area contributed by atoms with Gasteiger partial charge in [0.15, 0.2) is 0 Å². The second kappa shape index (κ2) is 7.86. The summed E-state index contributed by atoms with van der Waals surface area (Å²) in [5, 5.41) is 13.4. The molecule has 0 bridgehead atoms. The lowest BCUT2D eigenvalue weighted by Crippen LogP contribution is -2.41. The molecule has 2 aliphatic heterocycles. The maximum absolute atomic E-state index is 13.7. The van der Waals surface area contributed by atoms with Gasteiger partial charge in [-0.1, -0.05) is 26.6 Å². The van der Waals surface area contributed by atoms with Crippen LogP contribution in [0, 0.1) is 0 Å². The lowest BCUT2D eigenvalue weighted by Gasteiger charge is -2.26. The number of aliphatic hydroxyl groups is 1. The van der Waals surface area contributed by atoms with E-state index in [1.165, 1.54) is 6.92 Å². The molecule has 0 saturated heterocycles. The van der Waals surface area contributed by atoms with Crippen molar-refractivity contribution in [3.8, 4) is 17.1 Å². The van der Waals surface area contributed by atoms with Crippen molar-refractivity contribution in [3.05, 3.63) is 51.3 Å². The van der Waals surface area contributed by atoms with Crippen LogP contribution in [-0.4, -0.2) is 34.7 Å². The third kappa shape index (κ3) is 3.70. The number of carbonyl (C=O) groups excluding carboxylic acids is 2. The van der Waals surface area contributed by atoms with Gasteiger partial charge in [0.05, 0.1) is 43.5 Å². The monoisotopic (exact) mass is 492 g/mol. The number of esters is 2. The van der Waals surface area contributed by atoms with E-state index in [1.807, 2.05) is 18.2 Å². The minimum atomic E-state index is -1.97. The van der Waals surface area contributed by atoms with E-state index in [4.69, 9.17) is 14.5 Å². The molecule has 1 atom stereocenters. The van der Waals surface area contributed by atoms with Crippen LogP contribution < -0.4 is 15.5 Å². The summed E-state index contributed by atoms with van der Waals surface area (Å²) < 4.78 is 12.3. The van der Waals surface area contributed by atoms with Crippen LogP contribution >= 0.6 is 0 Å². The van der Waals surface area contributed by atoms with Crippen molar-refractivity contribution in [1.82, 2.24) is 9.55 Å². The third-order valence-electron chi connectivity index (χ3n) is 6.93. The molecule has 0 radical (unpaired) electrons. The number of pyridine rings is 2. The van der Waals surface area contributed by atoms with E-state index in [0.717, 1.165) is 21.7 Å². The first-order valence-electron chi connectivity index (χ1n) is 11.7. The van der Waals surface area contributed by atoms with E-state index in [1.54, 1.807) is 17.6 Å². The molecule has 0 spiro atoms. The Morgan fingerprint density at radius 2 is 1.97 bits per heavy atom. The number of carbonyl (C=O) groups is 2. The second-order valence-electron chi connectivity index (χ2n) is 10.4. The summed E-state index contributed by atoms with van der Waals surface area (Å²) in [6.45, 7) is 10.0. The molecule has 2 aromatic heterocycles. The molecule has 0 amide bonds. The fraction of sp³-hybridized carbons (Fsp3) is 0.385. The van der Waals surface area contributed by atoms with E-state index < -0.39 is 25.6 Å². The molecule has 4 heterocycles. The number of nitrogens with zero attached hydrogens (tertiary/aromatic N) is 2. The standard InChI is InChI=1S/C26H28N2O6Si/c1-6-26(32)11-22(30)33-13-18-19(26)10-21-23-17(12-28(21)25(18)31)24(35(3,4)5)16-9-15(34-14(2)29)7-8-20(16)27-23/h7-10,32H,6,11-13H2,1-5H3. The third-order valence-corrected chi connectivity index (χ3v) is 9.00. The Morgan fingerprint density at radius 1 is 1.23 bits per heavy atom. The van der Waals surface area contributed by atoms with Crippen molar-refractivity contribution in [1.29, 1.82) is 0 Å². The quantitative estimate of drug-likeness (QED) is 0.266. The number of fused-ring (bicyclic) bond motifs is 5. The van der Waals surface area contributed by atoms with Crippen LogP contribution in [0.15, 0.2) is 29.1 Å². The summed E-state index contributed by atoms with van der Waals surface area (Å²) in [7, 11) is -1.97. The van der Waals surface area contributed by atoms with Crippen molar-refractivity contribution in [3.63, 3.8) is 0 Å². The normalized spacial score (nSPS) is 19.0. The van der Waals surface area contributed by atoms with Crippen LogP contribution in [-0.2, 0) is 33.1 Å². The summed E-state index contributed by atoms with van der Waals surface area (Å²) in [6, 6.07) is 7.22. The smallest absolute Gasteiger partial charge is 0.309 e. The van der Waals surface area contributed by atoms with Crippen molar-refractivity contribution < 1.29 is 24.2 Å². The van der Waals surface area contributed by atoms with Crippen LogP contribution in [0.3, 0.4) is 0 Å². The van der Waals surface area contributed by atoms with Gasteiger partial charge in [-0.2, -0.15) is 0 Å². The molecule has 2 aliphatic rings. The number of cyclic esters (lactones) is 1. The SMILES string of the molecule is CCC1(O)CC(=O)OCc2c1cc1n(c2=O)Cc2c-1nc1ccc(OC(C)=O)cc1c2[Si](C)(C)C. The fourth-order valence-electron chi connectivity index (χ4n) is 5.34. The predicted octanol–water partition coefficient (Wildman–Crippen LogP) is 2.94. The lowest BCUT2D eigenvalue weighted by atomic mass is 9.85. The molecule has 182 valence electrons. The Bertz CT molecular complexity index is 1490. The molecule has 1 unspecified atom stereocenters. The highest BCUT2D eigenvalue weighted by Crippen LogP contribution is 2.39. The van der Waals surface area contributed by atoms with Gasteiger partial charge in [-0.05, 0) is 47.0 Å². The maximum Gasteiger partial charge on any atom is 0.309 e.